The third kappa shape index (κ3) is 6.46. The fourth-order valence-electron chi connectivity index (χ4n) is 3.18. The van der Waals surface area contributed by atoms with Gasteiger partial charge in [0.15, 0.2) is 0 Å². The van der Waals surface area contributed by atoms with Crippen LogP contribution in [0, 0.1) is 10.1 Å². The van der Waals surface area contributed by atoms with Gasteiger partial charge in [0.05, 0.1) is 26.7 Å². The first-order chi connectivity index (χ1) is 17.3. The standard InChI is InChI=1S/C26H17Cl3N2O5/c27-18-9-10-25(23(29)11-18)36-21-13-19(12-20(14-21)31(33)34)30-26(32)17-7-5-16(6-8-17)15-35-24-4-2-1-3-22(24)28/h1-14H,15H2,(H,30,32). The predicted molar refractivity (Wildman–Crippen MR) is 140 cm³/mol. The van der Waals surface area contributed by atoms with Crippen molar-refractivity contribution in [3.05, 3.63) is 121 Å². The zero-order valence-electron chi connectivity index (χ0n) is 18.4. The maximum atomic E-state index is 12.8. The van der Waals surface area contributed by atoms with E-state index in [-0.39, 0.29) is 34.5 Å². The van der Waals surface area contributed by atoms with Crippen LogP contribution >= 0.6 is 34.8 Å². The van der Waals surface area contributed by atoms with Crippen LogP contribution in [0.2, 0.25) is 15.1 Å². The van der Waals surface area contributed by atoms with Gasteiger partial charge in [0.1, 0.15) is 23.9 Å². The summed E-state index contributed by atoms with van der Waals surface area (Å²) in [6.45, 7) is 0.268. The average Bonchev–Trinajstić information content (AvgIpc) is 2.85. The van der Waals surface area contributed by atoms with E-state index in [0.29, 0.717) is 21.4 Å². The van der Waals surface area contributed by atoms with Crippen molar-refractivity contribution >= 4 is 52.1 Å². The minimum atomic E-state index is -0.584. The molecular formula is C26H17Cl3N2O5. The van der Waals surface area contributed by atoms with E-state index in [0.717, 1.165) is 5.56 Å². The quantitative estimate of drug-likeness (QED) is 0.179. The van der Waals surface area contributed by atoms with Crippen molar-refractivity contribution in [1.29, 1.82) is 0 Å². The molecule has 0 radical (unpaired) electrons. The van der Waals surface area contributed by atoms with E-state index in [1.54, 1.807) is 48.5 Å². The van der Waals surface area contributed by atoms with Gasteiger partial charge in [-0.25, -0.2) is 0 Å². The molecule has 0 aromatic heterocycles. The Morgan fingerprint density at radius 3 is 2.31 bits per heavy atom. The molecule has 4 rings (SSSR count). The fourth-order valence-corrected chi connectivity index (χ4v) is 3.82. The van der Waals surface area contributed by atoms with Crippen LogP contribution in [-0.2, 0) is 6.61 Å². The molecule has 7 nitrogen and oxygen atoms in total. The maximum Gasteiger partial charge on any atom is 0.275 e. The fraction of sp³-hybridized carbons (Fsp3) is 0.0385. The van der Waals surface area contributed by atoms with Gasteiger partial charge in [0, 0.05) is 22.7 Å². The number of nitrogens with one attached hydrogen (secondary N) is 1. The number of halogens is 3. The second-order valence-electron chi connectivity index (χ2n) is 7.52. The molecule has 0 spiro atoms. The van der Waals surface area contributed by atoms with Gasteiger partial charge in [-0.05, 0) is 48.0 Å². The van der Waals surface area contributed by atoms with Gasteiger partial charge in [-0.1, -0.05) is 59.1 Å². The van der Waals surface area contributed by atoms with Crippen molar-refractivity contribution in [2.45, 2.75) is 6.61 Å². The highest BCUT2D eigenvalue weighted by atomic mass is 35.5. The van der Waals surface area contributed by atoms with Crippen LogP contribution in [-0.4, -0.2) is 10.8 Å². The van der Waals surface area contributed by atoms with Crippen molar-refractivity contribution < 1.29 is 19.2 Å². The van der Waals surface area contributed by atoms with Gasteiger partial charge in [-0.2, -0.15) is 0 Å². The summed E-state index contributed by atoms with van der Waals surface area (Å²) in [7, 11) is 0. The van der Waals surface area contributed by atoms with Crippen LogP contribution in [0.4, 0.5) is 11.4 Å². The number of para-hydroxylation sites is 1. The molecule has 0 saturated heterocycles. The normalized spacial score (nSPS) is 10.5. The van der Waals surface area contributed by atoms with E-state index >= 15 is 0 Å². The van der Waals surface area contributed by atoms with Crippen molar-refractivity contribution in [2.75, 3.05) is 5.32 Å². The first-order valence-corrected chi connectivity index (χ1v) is 11.6. The lowest BCUT2D eigenvalue weighted by molar-refractivity contribution is -0.384. The van der Waals surface area contributed by atoms with Crippen LogP contribution in [0.15, 0.2) is 84.9 Å². The number of nitrogens with zero attached hydrogens (tertiary/aromatic N) is 1. The number of hydrogen-bond acceptors (Lipinski definition) is 5. The van der Waals surface area contributed by atoms with E-state index in [2.05, 4.69) is 5.32 Å². The number of anilines is 1. The van der Waals surface area contributed by atoms with Crippen LogP contribution < -0.4 is 14.8 Å². The van der Waals surface area contributed by atoms with Crippen molar-refractivity contribution in [1.82, 2.24) is 0 Å². The van der Waals surface area contributed by atoms with Crippen LogP contribution in [0.25, 0.3) is 0 Å². The Morgan fingerprint density at radius 2 is 1.61 bits per heavy atom. The Hall–Kier alpha value is -3.78. The lowest BCUT2D eigenvalue weighted by atomic mass is 10.1. The SMILES string of the molecule is O=C(Nc1cc(Oc2ccc(Cl)cc2Cl)cc([N+](=O)[O-])c1)c1ccc(COc2ccccc2Cl)cc1. The zero-order chi connectivity index (χ0) is 25.7. The summed E-state index contributed by atoms with van der Waals surface area (Å²) in [6, 6.07) is 22.4. The summed E-state index contributed by atoms with van der Waals surface area (Å²) in [4.78, 5) is 23.6. The summed E-state index contributed by atoms with van der Waals surface area (Å²) in [5.74, 6) is 0.485. The Bertz CT molecular complexity index is 1430. The van der Waals surface area contributed by atoms with Gasteiger partial charge in [0.25, 0.3) is 11.6 Å². The van der Waals surface area contributed by atoms with Crippen LogP contribution in [0.1, 0.15) is 15.9 Å². The maximum absolute atomic E-state index is 12.8. The van der Waals surface area contributed by atoms with Crippen molar-refractivity contribution in [3.8, 4) is 17.2 Å². The average molecular weight is 544 g/mol. The molecule has 0 bridgehead atoms. The molecule has 0 atom stereocenters. The molecule has 0 aliphatic rings. The smallest absolute Gasteiger partial charge is 0.275 e. The Morgan fingerprint density at radius 1 is 0.861 bits per heavy atom. The minimum Gasteiger partial charge on any atom is -0.487 e. The van der Waals surface area contributed by atoms with Gasteiger partial charge >= 0.3 is 0 Å². The number of carbonyl (C=O) groups is 1. The van der Waals surface area contributed by atoms with Crippen LogP contribution in [0.5, 0.6) is 17.2 Å². The Labute approximate surface area is 221 Å². The summed E-state index contributed by atoms with van der Waals surface area (Å²) in [6.07, 6.45) is 0. The summed E-state index contributed by atoms with van der Waals surface area (Å²) in [5, 5.41) is 15.2. The number of nitro benzene ring substituents is 1. The van der Waals surface area contributed by atoms with Gasteiger partial charge < -0.3 is 14.8 Å². The molecule has 182 valence electrons. The summed E-state index contributed by atoms with van der Waals surface area (Å²) >= 11 is 18.1. The molecule has 0 aliphatic carbocycles. The molecule has 1 amide bonds. The number of benzene rings is 4. The molecule has 0 fully saturated rings. The first kappa shape index (κ1) is 25.3. The highest BCUT2D eigenvalue weighted by Gasteiger charge is 2.15. The molecule has 36 heavy (non-hydrogen) atoms. The summed E-state index contributed by atoms with van der Waals surface area (Å²) < 4.78 is 11.4. The topological polar surface area (TPSA) is 90.7 Å². The molecule has 0 heterocycles. The largest absolute Gasteiger partial charge is 0.487 e. The molecule has 4 aromatic rings. The van der Waals surface area contributed by atoms with E-state index < -0.39 is 10.8 Å². The van der Waals surface area contributed by atoms with Crippen LogP contribution in [0.3, 0.4) is 0 Å². The van der Waals surface area contributed by atoms with Gasteiger partial charge in [0.2, 0.25) is 0 Å². The Kier molecular flexibility index (Phi) is 7.95. The Balaban J connectivity index is 1.47. The monoisotopic (exact) mass is 542 g/mol. The second kappa shape index (κ2) is 11.3. The van der Waals surface area contributed by atoms with E-state index in [1.165, 1.54) is 24.3 Å². The molecule has 10 heteroatoms. The zero-order valence-corrected chi connectivity index (χ0v) is 20.7. The number of amides is 1. The van der Waals surface area contributed by atoms with Crippen molar-refractivity contribution in [3.63, 3.8) is 0 Å². The number of rotatable bonds is 8. The molecule has 0 aliphatic heterocycles. The molecule has 4 aromatic carbocycles. The van der Waals surface area contributed by atoms with Gasteiger partial charge in [-0.3, -0.25) is 14.9 Å². The summed E-state index contributed by atoms with van der Waals surface area (Å²) in [5.41, 5.74) is 1.10. The second-order valence-corrected chi connectivity index (χ2v) is 8.77. The first-order valence-electron chi connectivity index (χ1n) is 10.5. The predicted octanol–water partition coefficient (Wildman–Crippen LogP) is 8.18. The molecule has 1 N–H and O–H groups in total. The number of carbonyl (C=O) groups excluding carboxylic acids is 1. The third-order valence-corrected chi connectivity index (χ3v) is 5.77. The molecule has 0 saturated carbocycles. The van der Waals surface area contributed by atoms with E-state index in [9.17, 15) is 14.9 Å². The third-order valence-electron chi connectivity index (χ3n) is 4.93. The molecule has 0 unspecified atom stereocenters. The highest BCUT2D eigenvalue weighted by Crippen LogP contribution is 2.34. The lowest BCUT2D eigenvalue weighted by Gasteiger charge is -2.11. The lowest BCUT2D eigenvalue weighted by Crippen LogP contribution is -2.12. The van der Waals surface area contributed by atoms with Crippen molar-refractivity contribution in [2.24, 2.45) is 0 Å². The van der Waals surface area contributed by atoms with E-state index in [4.69, 9.17) is 44.3 Å². The minimum absolute atomic E-state index is 0.121. The van der Waals surface area contributed by atoms with Gasteiger partial charge in [-0.15, -0.1) is 0 Å². The number of non-ortho nitro benzene ring substituents is 1. The molecular weight excluding hydrogens is 527 g/mol. The number of hydrogen-bond donors (Lipinski definition) is 1. The number of nitro groups is 1. The highest BCUT2D eigenvalue weighted by molar-refractivity contribution is 6.35. The number of ether oxygens (including phenoxy) is 2. The van der Waals surface area contributed by atoms with E-state index in [1.807, 2.05) is 12.1 Å².